The van der Waals surface area contributed by atoms with Crippen LogP contribution in [0.4, 0.5) is 0 Å². The van der Waals surface area contributed by atoms with Crippen LogP contribution in [-0.4, -0.2) is 32.0 Å². The lowest BCUT2D eigenvalue weighted by molar-refractivity contribution is -0.145. The third kappa shape index (κ3) is 2.26. The summed E-state index contributed by atoms with van der Waals surface area (Å²) in [5, 5.41) is 8.98. The third-order valence-corrected chi connectivity index (χ3v) is 3.38. The van der Waals surface area contributed by atoms with E-state index < -0.39 is 11.9 Å². The fourth-order valence-electron chi connectivity index (χ4n) is 1.85. The van der Waals surface area contributed by atoms with Crippen molar-refractivity contribution < 1.29 is 14.7 Å². The highest BCUT2D eigenvalue weighted by atomic mass is 27.0. The van der Waals surface area contributed by atoms with Gasteiger partial charge >= 0.3 is 5.97 Å². The molecule has 0 bridgehead atoms. The fourth-order valence-corrected chi connectivity index (χ4v) is 2.20. The lowest BCUT2D eigenvalue weighted by Crippen LogP contribution is -2.33. The summed E-state index contributed by atoms with van der Waals surface area (Å²) in [6, 6.07) is 0. The molecule has 14 heavy (non-hydrogen) atoms. The minimum absolute atomic E-state index is 0.0933. The molecule has 1 aliphatic carbocycles. The van der Waals surface area contributed by atoms with E-state index in [2.05, 4.69) is 16.3 Å². The predicted molar refractivity (Wildman–Crippen MR) is 53.0 cm³/mol. The molecule has 1 aliphatic rings. The zero-order valence-electron chi connectivity index (χ0n) is 8.41. The smallest absolute Gasteiger partial charge is 0.307 e. The van der Waals surface area contributed by atoms with Crippen molar-refractivity contribution >= 4 is 26.9 Å². The molecule has 1 N–H and O–H groups in total. The lowest BCUT2D eigenvalue weighted by Gasteiger charge is -2.29. The Morgan fingerprint density at radius 2 is 1.64 bits per heavy atom. The minimum atomic E-state index is -0.863. The number of carbonyl (C=O) groups is 2. The lowest BCUT2D eigenvalue weighted by atomic mass is 9.77. The molecule has 0 saturated heterocycles. The van der Waals surface area contributed by atoms with Crippen molar-refractivity contribution in [1.82, 2.24) is 0 Å². The maximum Gasteiger partial charge on any atom is 0.307 e. The van der Waals surface area contributed by atoms with Crippen LogP contribution in [0.2, 0.25) is 0 Å². The van der Waals surface area contributed by atoms with E-state index in [9.17, 15) is 9.59 Å². The molecule has 0 aromatic carbocycles. The summed E-state index contributed by atoms with van der Waals surface area (Å²) in [6.07, 6.45) is 1.09. The first-order valence-electron chi connectivity index (χ1n) is 4.60. The van der Waals surface area contributed by atoms with E-state index in [1.165, 1.54) is 0 Å². The van der Waals surface area contributed by atoms with Crippen LogP contribution in [0, 0.1) is 11.8 Å². The van der Waals surface area contributed by atoms with Crippen LogP contribution >= 0.6 is 0 Å². The van der Waals surface area contributed by atoms with Gasteiger partial charge in [-0.15, -0.1) is 0 Å². The normalized spacial score (nSPS) is 27.6. The Balaban J connectivity index is 2.95. The van der Waals surface area contributed by atoms with Gasteiger partial charge in [-0.3, -0.25) is 4.79 Å². The van der Waals surface area contributed by atoms with E-state index in [4.69, 9.17) is 5.11 Å². The van der Waals surface area contributed by atoms with Crippen LogP contribution in [0.5, 0.6) is 0 Å². The average Bonchev–Trinajstić information content (AvgIpc) is 2.08. The van der Waals surface area contributed by atoms with Crippen molar-refractivity contribution in [3.8, 4) is 0 Å². The van der Waals surface area contributed by atoms with Gasteiger partial charge in [-0.05, 0) is 26.7 Å². The van der Waals surface area contributed by atoms with Crippen molar-refractivity contribution in [3.63, 3.8) is 0 Å². The van der Waals surface area contributed by atoms with Crippen molar-refractivity contribution in [2.45, 2.75) is 26.7 Å². The molecule has 0 aliphatic heterocycles. The zero-order chi connectivity index (χ0) is 10.9. The second-order valence-corrected chi connectivity index (χ2v) is 4.49. The molecule has 0 heterocycles. The maximum absolute atomic E-state index is 11.2. The summed E-state index contributed by atoms with van der Waals surface area (Å²) < 4.78 is -0.0933. The van der Waals surface area contributed by atoms with Gasteiger partial charge in [0.2, 0.25) is 16.3 Å². The van der Waals surface area contributed by atoms with Gasteiger partial charge in [0.05, 0.1) is 5.92 Å². The number of hydrogen-bond acceptors (Lipinski definition) is 2. The van der Waals surface area contributed by atoms with Gasteiger partial charge in [0.25, 0.3) is 0 Å². The van der Waals surface area contributed by atoms with E-state index in [0.29, 0.717) is 12.8 Å². The van der Waals surface area contributed by atoms with Crippen LogP contribution in [0.1, 0.15) is 26.7 Å². The Morgan fingerprint density at radius 1 is 1.21 bits per heavy atom. The third-order valence-electron chi connectivity index (χ3n) is 2.95. The van der Waals surface area contributed by atoms with Crippen molar-refractivity contribution in [3.05, 3.63) is 11.1 Å². The highest BCUT2D eigenvalue weighted by Crippen LogP contribution is 2.34. The quantitative estimate of drug-likeness (QED) is 0.546. The average molecular weight is 208 g/mol. The molecule has 3 nitrogen and oxygen atoms in total. The Kier molecular flexibility index (Phi) is 3.52. The van der Waals surface area contributed by atoms with E-state index >= 15 is 0 Å². The van der Waals surface area contributed by atoms with Gasteiger partial charge in [-0.2, -0.15) is 0 Å². The molecule has 74 valence electrons. The van der Waals surface area contributed by atoms with Crippen LogP contribution in [0.3, 0.4) is 0 Å². The number of carboxylic acids is 1. The first-order valence-corrected chi connectivity index (χ1v) is 5.18. The van der Waals surface area contributed by atoms with Gasteiger partial charge in [0.1, 0.15) is 0 Å². The predicted octanol–water partition coefficient (Wildman–Crippen LogP) is 1.13. The molecule has 4 heteroatoms. The number of aliphatic carboxylic acids is 1. The molecule has 0 saturated carbocycles. The van der Waals surface area contributed by atoms with Crippen molar-refractivity contribution in [1.29, 1.82) is 0 Å². The van der Waals surface area contributed by atoms with Gasteiger partial charge in [0, 0.05) is 10.6 Å². The first-order chi connectivity index (χ1) is 6.43. The SMILES string of the molecule is CC1=C(C)CC([C](=O)[Al])C(C(=O)O)C1. The summed E-state index contributed by atoms with van der Waals surface area (Å²) in [5.41, 5.74) is 2.27. The molecule has 0 spiro atoms. The monoisotopic (exact) mass is 208 g/mol. The van der Waals surface area contributed by atoms with Crippen LogP contribution in [0.25, 0.3) is 0 Å². The molecule has 1 rings (SSSR count). The minimum Gasteiger partial charge on any atom is -0.481 e. The molecule has 2 unspecified atom stereocenters. The summed E-state index contributed by atoms with van der Waals surface area (Å²) in [6.45, 7) is 3.91. The maximum atomic E-state index is 11.2. The van der Waals surface area contributed by atoms with Gasteiger partial charge in [-0.1, -0.05) is 11.1 Å². The van der Waals surface area contributed by atoms with Crippen LogP contribution in [-0.2, 0) is 9.59 Å². The molecular weight excluding hydrogens is 195 g/mol. The molecule has 0 aromatic heterocycles. The number of carbonyl (C=O) groups excluding carboxylic acids is 1. The Morgan fingerprint density at radius 3 is 2.00 bits per heavy atom. The Hall–Kier alpha value is -0.588. The van der Waals surface area contributed by atoms with Crippen LogP contribution < -0.4 is 0 Å². The largest absolute Gasteiger partial charge is 0.481 e. The van der Waals surface area contributed by atoms with E-state index in [0.717, 1.165) is 11.1 Å². The summed E-state index contributed by atoms with van der Waals surface area (Å²) in [5.74, 6) is -1.76. The van der Waals surface area contributed by atoms with E-state index in [1.54, 1.807) is 0 Å². The van der Waals surface area contributed by atoms with Crippen molar-refractivity contribution in [2.24, 2.45) is 11.8 Å². The molecule has 0 fully saturated rings. The van der Waals surface area contributed by atoms with Gasteiger partial charge in [0.15, 0.2) is 0 Å². The summed E-state index contributed by atoms with van der Waals surface area (Å²) in [4.78, 5) is 22.2. The second kappa shape index (κ2) is 4.29. The molecule has 2 radical (unpaired) electrons. The number of allylic oxidation sites excluding steroid dienone is 2. The second-order valence-electron chi connectivity index (χ2n) is 3.92. The summed E-state index contributed by atoms with van der Waals surface area (Å²) in [7, 11) is 0. The Labute approximate surface area is 91.6 Å². The van der Waals surface area contributed by atoms with Crippen LogP contribution in [0.15, 0.2) is 11.1 Å². The van der Waals surface area contributed by atoms with Gasteiger partial charge < -0.3 is 9.90 Å². The highest BCUT2D eigenvalue weighted by molar-refractivity contribution is 6.58. The number of rotatable bonds is 2. The highest BCUT2D eigenvalue weighted by Gasteiger charge is 2.34. The molecule has 2 atom stereocenters. The van der Waals surface area contributed by atoms with E-state index in [-0.39, 0.29) is 10.6 Å². The molecule has 0 amide bonds. The topological polar surface area (TPSA) is 54.4 Å². The molecular formula is C10H13AlO3. The zero-order valence-corrected chi connectivity index (χ0v) is 9.56. The Bertz CT molecular complexity index is 276. The summed E-state index contributed by atoms with van der Waals surface area (Å²) >= 11 is 2.10. The van der Waals surface area contributed by atoms with Crippen molar-refractivity contribution in [2.75, 3.05) is 0 Å². The standard InChI is InChI=1S/C10H13O3.Al/c1-6-3-8(5-11)9(10(12)13)4-7(6)2;/h8-9H,3-4H2,1-2H3,(H,12,13);. The number of carboxylic acid groups (broad SMARTS) is 1. The fraction of sp³-hybridized carbons (Fsp3) is 0.600. The van der Waals surface area contributed by atoms with E-state index in [1.807, 2.05) is 13.8 Å². The number of hydrogen-bond donors (Lipinski definition) is 1. The molecule has 0 aromatic rings. The van der Waals surface area contributed by atoms with Gasteiger partial charge in [-0.25, -0.2) is 0 Å². The first kappa shape index (κ1) is 11.5.